The van der Waals surface area contributed by atoms with Crippen molar-refractivity contribution >= 4 is 17.7 Å². The minimum atomic E-state index is -0.108. The summed E-state index contributed by atoms with van der Waals surface area (Å²) in [7, 11) is 1.44. The molecule has 1 aliphatic rings. The van der Waals surface area contributed by atoms with Gasteiger partial charge in [0.1, 0.15) is 0 Å². The first-order valence-electron chi connectivity index (χ1n) is 5.72. The molecule has 88 valence electrons. The predicted octanol–water partition coefficient (Wildman–Crippen LogP) is 1.81. The molecule has 4 heteroatoms. The number of carbonyl (C=O) groups excluding carboxylic acids is 1. The standard InChI is InChI=1S/C11H21NO2S/c1-14-11(13)6-4-7-12-9-10-5-2-3-8-15-10/h10,12H,2-9H2,1H3. The van der Waals surface area contributed by atoms with Gasteiger partial charge in [-0.2, -0.15) is 11.8 Å². The van der Waals surface area contributed by atoms with Crippen molar-refractivity contribution in [3.05, 3.63) is 0 Å². The molecule has 3 nitrogen and oxygen atoms in total. The van der Waals surface area contributed by atoms with Crippen molar-refractivity contribution in [2.24, 2.45) is 0 Å². The molecule has 1 aliphatic heterocycles. The molecule has 0 aromatic heterocycles. The molecule has 1 unspecified atom stereocenters. The van der Waals surface area contributed by atoms with Crippen LogP contribution in [-0.2, 0) is 9.53 Å². The Morgan fingerprint density at radius 2 is 2.40 bits per heavy atom. The predicted molar refractivity (Wildman–Crippen MR) is 64.2 cm³/mol. The maximum Gasteiger partial charge on any atom is 0.305 e. The van der Waals surface area contributed by atoms with Crippen LogP contribution in [0, 0.1) is 0 Å². The van der Waals surface area contributed by atoms with Gasteiger partial charge in [0.25, 0.3) is 0 Å². The summed E-state index contributed by atoms with van der Waals surface area (Å²) in [5, 5.41) is 4.19. The molecule has 1 atom stereocenters. The zero-order valence-electron chi connectivity index (χ0n) is 9.46. The van der Waals surface area contributed by atoms with Crippen LogP contribution in [0.2, 0.25) is 0 Å². The van der Waals surface area contributed by atoms with Crippen LogP contribution in [-0.4, -0.2) is 37.2 Å². The highest BCUT2D eigenvalue weighted by Crippen LogP contribution is 2.24. The summed E-state index contributed by atoms with van der Waals surface area (Å²) < 4.78 is 4.58. The summed E-state index contributed by atoms with van der Waals surface area (Å²) in [6, 6.07) is 0. The summed E-state index contributed by atoms with van der Waals surface area (Å²) in [6.07, 6.45) is 5.51. The molecular weight excluding hydrogens is 210 g/mol. The van der Waals surface area contributed by atoms with Gasteiger partial charge in [-0.25, -0.2) is 0 Å². The van der Waals surface area contributed by atoms with Gasteiger partial charge in [-0.05, 0) is 31.6 Å². The highest BCUT2D eigenvalue weighted by Gasteiger charge is 2.12. The first-order chi connectivity index (χ1) is 7.33. The molecule has 1 saturated heterocycles. The third kappa shape index (κ3) is 6.05. The minimum Gasteiger partial charge on any atom is -0.469 e. The summed E-state index contributed by atoms with van der Waals surface area (Å²) in [5.41, 5.74) is 0. The van der Waals surface area contributed by atoms with Crippen molar-refractivity contribution in [3.63, 3.8) is 0 Å². The van der Waals surface area contributed by atoms with E-state index in [0.29, 0.717) is 6.42 Å². The lowest BCUT2D eigenvalue weighted by Gasteiger charge is -2.21. The maximum atomic E-state index is 10.8. The van der Waals surface area contributed by atoms with Gasteiger partial charge in [0.2, 0.25) is 0 Å². The van der Waals surface area contributed by atoms with Crippen molar-refractivity contribution in [3.8, 4) is 0 Å². The van der Waals surface area contributed by atoms with Crippen molar-refractivity contribution in [1.82, 2.24) is 5.32 Å². The van der Waals surface area contributed by atoms with E-state index in [1.807, 2.05) is 0 Å². The van der Waals surface area contributed by atoms with Gasteiger partial charge in [-0.3, -0.25) is 4.79 Å². The summed E-state index contributed by atoms with van der Waals surface area (Å²) in [5.74, 6) is 1.21. The van der Waals surface area contributed by atoms with Gasteiger partial charge in [-0.1, -0.05) is 6.42 Å². The number of methoxy groups -OCH3 is 1. The van der Waals surface area contributed by atoms with E-state index < -0.39 is 0 Å². The Kier molecular flexibility index (Phi) is 6.85. The van der Waals surface area contributed by atoms with Crippen molar-refractivity contribution < 1.29 is 9.53 Å². The van der Waals surface area contributed by atoms with Gasteiger partial charge in [0, 0.05) is 18.2 Å². The minimum absolute atomic E-state index is 0.108. The quantitative estimate of drug-likeness (QED) is 0.559. The third-order valence-corrected chi connectivity index (χ3v) is 4.01. The molecule has 1 N–H and O–H groups in total. The first kappa shape index (κ1) is 12.8. The summed E-state index contributed by atoms with van der Waals surface area (Å²) >= 11 is 2.08. The van der Waals surface area contributed by atoms with Gasteiger partial charge in [-0.15, -0.1) is 0 Å². The number of thioether (sulfide) groups is 1. The van der Waals surface area contributed by atoms with Crippen LogP contribution in [0.1, 0.15) is 32.1 Å². The Labute approximate surface area is 96.3 Å². The molecular formula is C11H21NO2S. The van der Waals surface area contributed by atoms with Gasteiger partial charge < -0.3 is 10.1 Å². The van der Waals surface area contributed by atoms with Crippen LogP contribution in [0.25, 0.3) is 0 Å². The molecule has 0 aromatic carbocycles. The molecule has 0 aromatic rings. The molecule has 0 amide bonds. The third-order valence-electron chi connectivity index (χ3n) is 2.61. The van der Waals surface area contributed by atoms with Crippen LogP contribution in [0.15, 0.2) is 0 Å². The fraction of sp³-hybridized carbons (Fsp3) is 0.909. The molecule has 1 heterocycles. The van der Waals surface area contributed by atoms with Crippen molar-refractivity contribution in [2.45, 2.75) is 37.4 Å². The van der Waals surface area contributed by atoms with Gasteiger partial charge >= 0.3 is 5.97 Å². The van der Waals surface area contributed by atoms with Gasteiger partial charge in [0.15, 0.2) is 0 Å². The summed E-state index contributed by atoms with van der Waals surface area (Å²) in [6.45, 7) is 2.01. The summed E-state index contributed by atoms with van der Waals surface area (Å²) in [4.78, 5) is 10.8. The van der Waals surface area contributed by atoms with Crippen LogP contribution in [0.5, 0.6) is 0 Å². The second-order valence-electron chi connectivity index (χ2n) is 3.87. The lowest BCUT2D eigenvalue weighted by atomic mass is 10.2. The lowest BCUT2D eigenvalue weighted by molar-refractivity contribution is -0.140. The number of ether oxygens (including phenoxy) is 1. The fourth-order valence-electron chi connectivity index (χ4n) is 1.69. The van der Waals surface area contributed by atoms with Crippen LogP contribution >= 0.6 is 11.8 Å². The van der Waals surface area contributed by atoms with Crippen LogP contribution in [0.3, 0.4) is 0 Å². The van der Waals surface area contributed by atoms with E-state index in [-0.39, 0.29) is 5.97 Å². The molecule has 15 heavy (non-hydrogen) atoms. The Morgan fingerprint density at radius 1 is 1.53 bits per heavy atom. The van der Waals surface area contributed by atoms with E-state index in [1.165, 1.54) is 32.1 Å². The smallest absolute Gasteiger partial charge is 0.305 e. The van der Waals surface area contributed by atoms with E-state index in [4.69, 9.17) is 0 Å². The Balaban J connectivity index is 1.89. The molecule has 0 spiro atoms. The number of carbonyl (C=O) groups is 1. The topological polar surface area (TPSA) is 38.3 Å². The average Bonchev–Trinajstić information content (AvgIpc) is 2.29. The monoisotopic (exact) mass is 231 g/mol. The molecule has 0 aliphatic carbocycles. The average molecular weight is 231 g/mol. The number of hydrogen-bond acceptors (Lipinski definition) is 4. The number of esters is 1. The molecule has 1 fully saturated rings. The van der Waals surface area contributed by atoms with Crippen molar-refractivity contribution in [1.29, 1.82) is 0 Å². The van der Waals surface area contributed by atoms with Gasteiger partial charge in [0.05, 0.1) is 7.11 Å². The second kappa shape index (κ2) is 7.99. The highest BCUT2D eigenvalue weighted by molar-refractivity contribution is 7.99. The molecule has 1 rings (SSSR count). The highest BCUT2D eigenvalue weighted by atomic mass is 32.2. The maximum absolute atomic E-state index is 10.8. The largest absolute Gasteiger partial charge is 0.469 e. The SMILES string of the molecule is COC(=O)CCCNCC1CCCCS1. The van der Waals surface area contributed by atoms with E-state index >= 15 is 0 Å². The Bertz CT molecular complexity index is 181. The van der Waals surface area contributed by atoms with E-state index in [2.05, 4.69) is 21.8 Å². The zero-order chi connectivity index (χ0) is 10.9. The fourth-order valence-corrected chi connectivity index (χ4v) is 2.96. The van der Waals surface area contributed by atoms with E-state index in [0.717, 1.165) is 24.8 Å². The first-order valence-corrected chi connectivity index (χ1v) is 6.77. The molecule has 0 bridgehead atoms. The molecule has 0 radical (unpaired) electrons. The normalized spacial score (nSPS) is 21.3. The lowest BCUT2D eigenvalue weighted by Crippen LogP contribution is -2.27. The van der Waals surface area contributed by atoms with Crippen molar-refractivity contribution in [2.75, 3.05) is 26.0 Å². The van der Waals surface area contributed by atoms with Crippen LogP contribution < -0.4 is 5.32 Å². The Morgan fingerprint density at radius 3 is 3.07 bits per heavy atom. The van der Waals surface area contributed by atoms with E-state index in [9.17, 15) is 4.79 Å². The number of nitrogens with one attached hydrogen (secondary N) is 1. The molecule has 0 saturated carbocycles. The zero-order valence-corrected chi connectivity index (χ0v) is 10.3. The number of hydrogen-bond donors (Lipinski definition) is 1. The van der Waals surface area contributed by atoms with E-state index in [1.54, 1.807) is 0 Å². The van der Waals surface area contributed by atoms with Crippen LogP contribution in [0.4, 0.5) is 0 Å². The number of rotatable bonds is 6. The second-order valence-corrected chi connectivity index (χ2v) is 5.28. The Hall–Kier alpha value is -0.220.